The molecule has 7 heteroatoms. The number of anilines is 1. The molecule has 2 heterocycles. The van der Waals surface area contributed by atoms with Gasteiger partial charge in [0.1, 0.15) is 0 Å². The van der Waals surface area contributed by atoms with E-state index in [4.69, 9.17) is 0 Å². The molecule has 25 heavy (non-hydrogen) atoms. The Morgan fingerprint density at radius 2 is 1.96 bits per heavy atom. The number of hydrogen-bond acceptors (Lipinski definition) is 5. The molecule has 1 aromatic carbocycles. The van der Waals surface area contributed by atoms with Gasteiger partial charge in [0.25, 0.3) is 11.5 Å². The number of aryl methyl sites for hydroxylation is 2. The maximum Gasteiger partial charge on any atom is 0.278 e. The van der Waals surface area contributed by atoms with Gasteiger partial charge < -0.3 is 0 Å². The van der Waals surface area contributed by atoms with Crippen LogP contribution in [0, 0.1) is 6.92 Å². The van der Waals surface area contributed by atoms with Crippen LogP contribution in [0.1, 0.15) is 47.9 Å². The molecule has 0 spiro atoms. The summed E-state index contributed by atoms with van der Waals surface area (Å²) in [4.78, 5) is 30.9. The molecular weight excluding hydrogens is 336 g/mol. The van der Waals surface area contributed by atoms with Crippen LogP contribution in [0.15, 0.2) is 29.1 Å². The summed E-state index contributed by atoms with van der Waals surface area (Å²) in [6.07, 6.45) is 0.817. The number of fused-ring (bicyclic) bond motifs is 1. The molecule has 3 aromatic rings. The Hall–Kier alpha value is -2.54. The van der Waals surface area contributed by atoms with Crippen LogP contribution >= 0.6 is 11.3 Å². The Morgan fingerprint density at radius 1 is 1.28 bits per heavy atom. The van der Waals surface area contributed by atoms with Crippen molar-refractivity contribution >= 4 is 33.1 Å². The highest BCUT2D eigenvalue weighted by Gasteiger charge is 2.19. The minimum absolute atomic E-state index is 0.141. The molecule has 0 saturated heterocycles. The molecule has 2 aromatic heterocycles. The Labute approximate surface area is 149 Å². The summed E-state index contributed by atoms with van der Waals surface area (Å²) in [6.45, 7) is 7.74. The van der Waals surface area contributed by atoms with Crippen LogP contribution in [-0.2, 0) is 6.42 Å². The number of carbonyl (C=O) groups excluding carboxylic acids is 1. The third kappa shape index (κ3) is 3.19. The van der Waals surface area contributed by atoms with E-state index in [9.17, 15) is 9.59 Å². The van der Waals surface area contributed by atoms with Gasteiger partial charge in [0.05, 0.1) is 17.1 Å². The van der Waals surface area contributed by atoms with Gasteiger partial charge in [0.15, 0.2) is 10.8 Å². The molecule has 0 aliphatic rings. The minimum Gasteiger partial charge on any atom is -0.296 e. The van der Waals surface area contributed by atoms with E-state index in [1.807, 2.05) is 27.7 Å². The zero-order valence-electron chi connectivity index (χ0n) is 14.7. The third-order valence-electron chi connectivity index (χ3n) is 3.98. The molecular formula is C18H20N4O2S. The fourth-order valence-electron chi connectivity index (χ4n) is 2.69. The molecule has 0 aliphatic heterocycles. The first-order valence-corrected chi connectivity index (χ1v) is 9.03. The lowest BCUT2D eigenvalue weighted by molar-refractivity contribution is 0.102. The molecule has 0 bridgehead atoms. The number of nitrogens with one attached hydrogen (secondary N) is 1. The van der Waals surface area contributed by atoms with Gasteiger partial charge >= 0.3 is 0 Å². The Kier molecular flexibility index (Phi) is 4.67. The maximum absolute atomic E-state index is 12.8. The van der Waals surface area contributed by atoms with Gasteiger partial charge in [-0.2, -0.15) is 5.10 Å². The summed E-state index contributed by atoms with van der Waals surface area (Å²) in [5, 5.41) is 8.72. The van der Waals surface area contributed by atoms with Gasteiger partial charge in [-0.15, -0.1) is 11.3 Å². The topological polar surface area (TPSA) is 76.9 Å². The van der Waals surface area contributed by atoms with Gasteiger partial charge in [0, 0.05) is 10.3 Å². The highest BCUT2D eigenvalue weighted by molar-refractivity contribution is 7.15. The molecule has 0 radical (unpaired) electrons. The van der Waals surface area contributed by atoms with E-state index < -0.39 is 0 Å². The number of amides is 1. The molecule has 0 fully saturated rings. The van der Waals surface area contributed by atoms with Crippen molar-refractivity contribution in [2.45, 2.75) is 40.2 Å². The number of thiazole rings is 1. The number of carbonyl (C=O) groups is 1. The van der Waals surface area contributed by atoms with Crippen molar-refractivity contribution in [3.63, 3.8) is 0 Å². The molecule has 0 saturated carbocycles. The maximum atomic E-state index is 12.8. The molecule has 0 aliphatic carbocycles. The Bertz CT molecular complexity index is 1000. The van der Waals surface area contributed by atoms with Crippen molar-refractivity contribution in [1.82, 2.24) is 14.8 Å². The molecule has 0 atom stereocenters. The van der Waals surface area contributed by atoms with E-state index in [-0.39, 0.29) is 23.2 Å². The van der Waals surface area contributed by atoms with E-state index >= 15 is 0 Å². The van der Waals surface area contributed by atoms with Crippen LogP contribution in [0.2, 0.25) is 0 Å². The van der Waals surface area contributed by atoms with Crippen LogP contribution in [0.3, 0.4) is 0 Å². The zero-order valence-corrected chi connectivity index (χ0v) is 15.5. The second-order valence-electron chi connectivity index (χ2n) is 6.07. The Balaban J connectivity index is 2.09. The first kappa shape index (κ1) is 17.3. The predicted octanol–water partition coefficient (Wildman–Crippen LogP) is 3.56. The first-order chi connectivity index (χ1) is 11.9. The van der Waals surface area contributed by atoms with Crippen LogP contribution in [0.4, 0.5) is 5.13 Å². The standard InChI is InChI=1S/C18H20N4O2S/c1-5-14-11(4)25-18(19-14)20-16(23)15-12-8-6-7-9-13(12)17(24)22(21-15)10(2)3/h6-10H,5H2,1-4H3,(H,19,20,23). The van der Waals surface area contributed by atoms with E-state index in [1.165, 1.54) is 16.0 Å². The average molecular weight is 356 g/mol. The number of hydrogen-bond donors (Lipinski definition) is 1. The summed E-state index contributed by atoms with van der Waals surface area (Å²) >= 11 is 1.44. The number of benzene rings is 1. The van der Waals surface area contributed by atoms with Gasteiger partial charge in [-0.25, -0.2) is 9.67 Å². The normalized spacial score (nSPS) is 11.2. The second-order valence-corrected chi connectivity index (χ2v) is 7.27. The molecule has 0 unspecified atom stereocenters. The fourth-order valence-corrected chi connectivity index (χ4v) is 3.59. The second kappa shape index (κ2) is 6.76. The SMILES string of the molecule is CCc1nc(NC(=O)c2nn(C(C)C)c(=O)c3ccccc23)sc1C. The monoisotopic (exact) mass is 356 g/mol. The van der Waals surface area contributed by atoms with Crippen LogP contribution in [-0.4, -0.2) is 20.7 Å². The van der Waals surface area contributed by atoms with Crippen LogP contribution < -0.4 is 10.9 Å². The largest absolute Gasteiger partial charge is 0.296 e. The highest BCUT2D eigenvalue weighted by Crippen LogP contribution is 2.23. The summed E-state index contributed by atoms with van der Waals surface area (Å²) in [5.74, 6) is -0.359. The van der Waals surface area contributed by atoms with Crippen molar-refractivity contribution < 1.29 is 4.79 Å². The van der Waals surface area contributed by atoms with E-state index in [1.54, 1.807) is 24.3 Å². The van der Waals surface area contributed by atoms with E-state index in [2.05, 4.69) is 15.4 Å². The van der Waals surface area contributed by atoms with E-state index in [0.717, 1.165) is 17.0 Å². The van der Waals surface area contributed by atoms with Crippen LogP contribution in [0.5, 0.6) is 0 Å². The first-order valence-electron chi connectivity index (χ1n) is 8.21. The zero-order chi connectivity index (χ0) is 18.1. The lowest BCUT2D eigenvalue weighted by atomic mass is 10.1. The molecule has 1 N–H and O–H groups in total. The summed E-state index contributed by atoms with van der Waals surface area (Å²) in [6, 6.07) is 6.90. The quantitative estimate of drug-likeness (QED) is 0.775. The number of rotatable bonds is 4. The number of aromatic nitrogens is 3. The van der Waals surface area contributed by atoms with Crippen molar-refractivity contribution in [3.8, 4) is 0 Å². The van der Waals surface area contributed by atoms with Gasteiger partial charge in [-0.1, -0.05) is 25.1 Å². The molecule has 6 nitrogen and oxygen atoms in total. The Morgan fingerprint density at radius 3 is 2.56 bits per heavy atom. The van der Waals surface area contributed by atoms with Crippen LogP contribution in [0.25, 0.3) is 10.8 Å². The average Bonchev–Trinajstić information content (AvgIpc) is 2.94. The third-order valence-corrected chi connectivity index (χ3v) is 4.91. The molecule has 3 rings (SSSR count). The molecule has 1 amide bonds. The lowest BCUT2D eigenvalue weighted by Gasteiger charge is -2.12. The van der Waals surface area contributed by atoms with Crippen molar-refractivity contribution in [2.75, 3.05) is 5.32 Å². The fraction of sp³-hybridized carbons (Fsp3) is 0.333. The van der Waals surface area contributed by atoms with Crippen molar-refractivity contribution in [3.05, 3.63) is 50.9 Å². The van der Waals surface area contributed by atoms with Gasteiger partial charge in [0.2, 0.25) is 0 Å². The summed E-state index contributed by atoms with van der Waals surface area (Å²) in [7, 11) is 0. The summed E-state index contributed by atoms with van der Waals surface area (Å²) in [5.41, 5.74) is 1.01. The summed E-state index contributed by atoms with van der Waals surface area (Å²) < 4.78 is 1.35. The van der Waals surface area contributed by atoms with Gasteiger partial charge in [-0.3, -0.25) is 14.9 Å². The smallest absolute Gasteiger partial charge is 0.278 e. The lowest BCUT2D eigenvalue weighted by Crippen LogP contribution is -2.28. The van der Waals surface area contributed by atoms with Gasteiger partial charge in [-0.05, 0) is 33.3 Å². The molecule has 130 valence electrons. The highest BCUT2D eigenvalue weighted by atomic mass is 32.1. The predicted molar refractivity (Wildman–Crippen MR) is 101 cm³/mol. The number of nitrogens with zero attached hydrogens (tertiary/aromatic N) is 3. The van der Waals surface area contributed by atoms with E-state index in [0.29, 0.717) is 15.9 Å². The van der Waals surface area contributed by atoms with Crippen molar-refractivity contribution in [2.24, 2.45) is 0 Å². The minimum atomic E-state index is -0.359. The van der Waals surface area contributed by atoms with Crippen molar-refractivity contribution in [1.29, 1.82) is 0 Å².